The molecule has 0 aromatic heterocycles. The third kappa shape index (κ3) is 2.89. The van der Waals surface area contributed by atoms with Crippen LogP contribution in [0.25, 0.3) is 0 Å². The fourth-order valence-corrected chi connectivity index (χ4v) is 2.52. The zero-order chi connectivity index (χ0) is 11.9. The van der Waals surface area contributed by atoms with Crippen molar-refractivity contribution >= 4 is 18.4 Å². The molecular formula is C12H24ClNO2. The molecule has 0 aromatic carbocycles. The van der Waals surface area contributed by atoms with E-state index in [4.69, 9.17) is 10.8 Å². The van der Waals surface area contributed by atoms with Crippen molar-refractivity contribution in [2.45, 2.75) is 52.5 Å². The molecule has 0 aromatic rings. The zero-order valence-corrected chi connectivity index (χ0v) is 11.4. The first kappa shape index (κ1) is 15.7. The number of rotatable bonds is 1. The molecule has 0 amide bonds. The van der Waals surface area contributed by atoms with Crippen LogP contribution in [0.1, 0.15) is 47.0 Å². The van der Waals surface area contributed by atoms with Gasteiger partial charge in [0.25, 0.3) is 0 Å². The summed E-state index contributed by atoms with van der Waals surface area (Å²) in [5.74, 6) is -0.196. The molecule has 96 valence electrons. The first-order valence-electron chi connectivity index (χ1n) is 5.70. The van der Waals surface area contributed by atoms with E-state index in [1.54, 1.807) is 0 Å². The number of carbonyl (C=O) groups is 1. The summed E-state index contributed by atoms with van der Waals surface area (Å²) in [7, 11) is 0. The van der Waals surface area contributed by atoms with Gasteiger partial charge in [-0.3, -0.25) is 4.79 Å². The molecule has 0 saturated heterocycles. The fraction of sp³-hybridized carbons (Fsp3) is 0.917. The Bertz CT molecular complexity index is 262. The fourth-order valence-electron chi connectivity index (χ4n) is 2.52. The highest BCUT2D eigenvalue weighted by atomic mass is 35.5. The maximum Gasteiger partial charge on any atom is 0.323 e. The lowest BCUT2D eigenvalue weighted by molar-refractivity contribution is -0.148. The molecule has 1 fully saturated rings. The van der Waals surface area contributed by atoms with Crippen molar-refractivity contribution in [2.75, 3.05) is 0 Å². The predicted molar refractivity (Wildman–Crippen MR) is 67.8 cm³/mol. The van der Waals surface area contributed by atoms with Crippen LogP contribution in [-0.2, 0) is 4.79 Å². The van der Waals surface area contributed by atoms with Crippen LogP contribution in [-0.4, -0.2) is 16.6 Å². The molecule has 0 aliphatic heterocycles. The van der Waals surface area contributed by atoms with Crippen molar-refractivity contribution < 1.29 is 9.90 Å². The highest BCUT2D eigenvalue weighted by Gasteiger charge is 2.46. The minimum absolute atomic E-state index is 0. The maximum absolute atomic E-state index is 11.1. The molecule has 1 aliphatic rings. The molecule has 3 nitrogen and oxygen atoms in total. The molecular weight excluding hydrogens is 226 g/mol. The monoisotopic (exact) mass is 249 g/mol. The molecule has 3 unspecified atom stereocenters. The number of carboxylic acids is 1. The maximum atomic E-state index is 11.1. The second kappa shape index (κ2) is 4.92. The highest BCUT2D eigenvalue weighted by molar-refractivity contribution is 5.85. The van der Waals surface area contributed by atoms with Crippen molar-refractivity contribution in [2.24, 2.45) is 23.0 Å². The number of nitrogens with two attached hydrogens (primary N) is 1. The van der Waals surface area contributed by atoms with Crippen LogP contribution in [0.15, 0.2) is 0 Å². The number of hydrogen-bond donors (Lipinski definition) is 2. The van der Waals surface area contributed by atoms with Gasteiger partial charge >= 0.3 is 5.97 Å². The average Bonchev–Trinajstić information content (AvgIpc) is 2.07. The van der Waals surface area contributed by atoms with Crippen molar-refractivity contribution in [3.63, 3.8) is 0 Å². The first-order chi connectivity index (χ1) is 6.68. The smallest absolute Gasteiger partial charge is 0.323 e. The number of halogens is 1. The molecule has 3 atom stereocenters. The Balaban J connectivity index is 0.00000225. The van der Waals surface area contributed by atoms with Gasteiger partial charge in [-0.25, -0.2) is 0 Å². The van der Waals surface area contributed by atoms with Crippen LogP contribution in [0.3, 0.4) is 0 Å². The Morgan fingerprint density at radius 2 is 1.94 bits per heavy atom. The summed E-state index contributed by atoms with van der Waals surface area (Å²) >= 11 is 0. The van der Waals surface area contributed by atoms with Gasteiger partial charge in [0.15, 0.2) is 0 Å². The highest BCUT2D eigenvalue weighted by Crippen LogP contribution is 2.43. The Morgan fingerprint density at radius 3 is 2.25 bits per heavy atom. The Labute approximate surface area is 104 Å². The standard InChI is InChI=1S/C12H23NO2.ClH/c1-8-7-9(11(2,3)4)5-6-12(8,13)10(14)15;/h8-9H,5-7,13H2,1-4H3,(H,14,15);1H. The summed E-state index contributed by atoms with van der Waals surface area (Å²) < 4.78 is 0. The van der Waals surface area contributed by atoms with E-state index in [-0.39, 0.29) is 23.7 Å². The van der Waals surface area contributed by atoms with E-state index in [2.05, 4.69) is 20.8 Å². The van der Waals surface area contributed by atoms with E-state index in [9.17, 15) is 4.79 Å². The van der Waals surface area contributed by atoms with Gasteiger partial charge in [-0.05, 0) is 36.5 Å². The summed E-state index contributed by atoms with van der Waals surface area (Å²) in [5.41, 5.74) is 5.21. The SMILES string of the molecule is CC1CC(C(C)(C)C)CCC1(N)C(=O)O.Cl. The van der Waals surface area contributed by atoms with Crippen molar-refractivity contribution in [1.82, 2.24) is 0 Å². The van der Waals surface area contributed by atoms with Gasteiger partial charge in [-0.1, -0.05) is 27.7 Å². The van der Waals surface area contributed by atoms with Gasteiger partial charge in [0.2, 0.25) is 0 Å². The molecule has 1 saturated carbocycles. The minimum atomic E-state index is -0.998. The quantitative estimate of drug-likeness (QED) is 0.751. The van der Waals surface area contributed by atoms with Crippen LogP contribution >= 0.6 is 12.4 Å². The summed E-state index contributed by atoms with van der Waals surface area (Å²) in [6.45, 7) is 8.62. The van der Waals surface area contributed by atoms with Gasteiger partial charge in [0, 0.05) is 0 Å². The molecule has 0 bridgehead atoms. The summed E-state index contributed by atoms with van der Waals surface area (Å²) in [6, 6.07) is 0. The summed E-state index contributed by atoms with van der Waals surface area (Å²) in [4.78, 5) is 11.1. The summed E-state index contributed by atoms with van der Waals surface area (Å²) in [5, 5.41) is 9.13. The van der Waals surface area contributed by atoms with E-state index in [0.717, 1.165) is 12.8 Å². The van der Waals surface area contributed by atoms with E-state index in [1.165, 1.54) is 0 Å². The van der Waals surface area contributed by atoms with Gasteiger partial charge in [0.1, 0.15) is 5.54 Å². The van der Waals surface area contributed by atoms with Gasteiger partial charge in [-0.2, -0.15) is 0 Å². The molecule has 0 heterocycles. The van der Waals surface area contributed by atoms with Gasteiger partial charge < -0.3 is 10.8 Å². The second-order valence-electron chi connectivity index (χ2n) is 6.08. The van der Waals surface area contributed by atoms with Crippen molar-refractivity contribution in [1.29, 1.82) is 0 Å². The topological polar surface area (TPSA) is 63.3 Å². The minimum Gasteiger partial charge on any atom is -0.480 e. The molecule has 4 heteroatoms. The average molecular weight is 250 g/mol. The third-order valence-corrected chi connectivity index (χ3v) is 4.05. The van der Waals surface area contributed by atoms with Crippen molar-refractivity contribution in [3.05, 3.63) is 0 Å². The number of aliphatic carboxylic acids is 1. The Hall–Kier alpha value is -0.280. The normalized spacial score (nSPS) is 35.3. The molecule has 1 aliphatic carbocycles. The lowest BCUT2D eigenvalue weighted by Crippen LogP contribution is -2.56. The third-order valence-electron chi connectivity index (χ3n) is 4.05. The van der Waals surface area contributed by atoms with E-state index in [0.29, 0.717) is 12.3 Å². The molecule has 0 radical (unpaired) electrons. The van der Waals surface area contributed by atoms with Gasteiger partial charge in [0.05, 0.1) is 0 Å². The zero-order valence-electron chi connectivity index (χ0n) is 10.6. The Kier molecular flexibility index (Phi) is 4.84. The van der Waals surface area contributed by atoms with Crippen LogP contribution in [0, 0.1) is 17.3 Å². The predicted octanol–water partition coefficient (Wildman–Crippen LogP) is 2.67. The lowest BCUT2D eigenvalue weighted by atomic mass is 9.63. The van der Waals surface area contributed by atoms with Crippen LogP contribution < -0.4 is 5.73 Å². The van der Waals surface area contributed by atoms with Crippen molar-refractivity contribution in [3.8, 4) is 0 Å². The molecule has 0 spiro atoms. The van der Waals surface area contributed by atoms with Crippen LogP contribution in [0.4, 0.5) is 0 Å². The number of carboxylic acid groups (broad SMARTS) is 1. The molecule has 1 rings (SSSR count). The van der Waals surface area contributed by atoms with Crippen LogP contribution in [0.2, 0.25) is 0 Å². The number of hydrogen-bond acceptors (Lipinski definition) is 2. The Morgan fingerprint density at radius 1 is 1.44 bits per heavy atom. The van der Waals surface area contributed by atoms with E-state index < -0.39 is 11.5 Å². The lowest BCUT2D eigenvalue weighted by Gasteiger charge is -2.44. The summed E-state index contributed by atoms with van der Waals surface area (Å²) in [6.07, 6.45) is 2.45. The largest absolute Gasteiger partial charge is 0.480 e. The first-order valence-corrected chi connectivity index (χ1v) is 5.70. The molecule has 16 heavy (non-hydrogen) atoms. The van der Waals surface area contributed by atoms with E-state index in [1.807, 2.05) is 6.92 Å². The molecule has 3 N–H and O–H groups in total. The van der Waals surface area contributed by atoms with Gasteiger partial charge in [-0.15, -0.1) is 12.4 Å². The van der Waals surface area contributed by atoms with Crippen LogP contribution in [0.5, 0.6) is 0 Å². The van der Waals surface area contributed by atoms with E-state index >= 15 is 0 Å². The second-order valence-corrected chi connectivity index (χ2v) is 6.08.